The lowest BCUT2D eigenvalue weighted by Crippen LogP contribution is -2.24. The van der Waals surface area contributed by atoms with Gasteiger partial charge in [0.05, 0.1) is 0 Å². The van der Waals surface area contributed by atoms with Gasteiger partial charge < -0.3 is 5.32 Å². The summed E-state index contributed by atoms with van der Waals surface area (Å²) in [6.07, 6.45) is 8.30. The molecule has 0 heterocycles. The van der Waals surface area contributed by atoms with E-state index in [2.05, 4.69) is 17.4 Å². The maximum absolute atomic E-state index is 6.39. The SMILES string of the molecule is CNCC(c1ccccc1Cl)C1CCCCCC1. The summed E-state index contributed by atoms with van der Waals surface area (Å²) in [5, 5.41) is 4.28. The second-order valence-electron chi connectivity index (χ2n) is 5.44. The molecule has 1 fully saturated rings. The highest BCUT2D eigenvalue weighted by Gasteiger charge is 2.25. The largest absolute Gasteiger partial charge is 0.319 e. The maximum Gasteiger partial charge on any atom is 0.0441 e. The fraction of sp³-hybridized carbons (Fsp3) is 0.625. The van der Waals surface area contributed by atoms with E-state index in [1.54, 1.807) is 0 Å². The van der Waals surface area contributed by atoms with E-state index < -0.39 is 0 Å². The first-order valence-electron chi connectivity index (χ1n) is 7.22. The van der Waals surface area contributed by atoms with Crippen molar-refractivity contribution in [2.45, 2.75) is 44.4 Å². The van der Waals surface area contributed by atoms with E-state index >= 15 is 0 Å². The first-order chi connectivity index (χ1) is 8.83. The van der Waals surface area contributed by atoms with Gasteiger partial charge in [0.25, 0.3) is 0 Å². The molecule has 1 aliphatic carbocycles. The van der Waals surface area contributed by atoms with Gasteiger partial charge in [-0.25, -0.2) is 0 Å². The zero-order valence-electron chi connectivity index (χ0n) is 11.3. The molecule has 0 saturated heterocycles. The molecule has 1 unspecified atom stereocenters. The summed E-state index contributed by atoms with van der Waals surface area (Å²) in [5.74, 6) is 1.36. The van der Waals surface area contributed by atoms with Gasteiger partial charge in [0.1, 0.15) is 0 Å². The molecular weight excluding hydrogens is 242 g/mol. The normalized spacial score (nSPS) is 19.4. The second-order valence-corrected chi connectivity index (χ2v) is 5.84. The Morgan fingerprint density at radius 2 is 1.83 bits per heavy atom. The quantitative estimate of drug-likeness (QED) is 0.784. The van der Waals surface area contributed by atoms with Crippen LogP contribution in [0.25, 0.3) is 0 Å². The average Bonchev–Trinajstić information content (AvgIpc) is 2.66. The Morgan fingerprint density at radius 1 is 1.17 bits per heavy atom. The van der Waals surface area contributed by atoms with Crippen LogP contribution in [0.15, 0.2) is 24.3 Å². The zero-order chi connectivity index (χ0) is 12.8. The Morgan fingerprint density at radius 3 is 2.44 bits per heavy atom. The molecule has 2 heteroatoms. The highest BCUT2D eigenvalue weighted by molar-refractivity contribution is 6.31. The molecule has 100 valence electrons. The lowest BCUT2D eigenvalue weighted by atomic mass is 9.81. The summed E-state index contributed by atoms with van der Waals surface area (Å²) in [6.45, 7) is 1.04. The fourth-order valence-electron chi connectivity index (χ4n) is 3.24. The van der Waals surface area contributed by atoms with Gasteiger partial charge in [0.2, 0.25) is 0 Å². The smallest absolute Gasteiger partial charge is 0.0441 e. The minimum Gasteiger partial charge on any atom is -0.319 e. The highest BCUT2D eigenvalue weighted by atomic mass is 35.5. The lowest BCUT2D eigenvalue weighted by Gasteiger charge is -2.27. The standard InChI is InChI=1S/C16H24ClN/c1-18-12-15(13-8-4-2-3-5-9-13)14-10-6-7-11-16(14)17/h6-7,10-11,13,15,18H,2-5,8-9,12H2,1H3. The molecule has 1 aliphatic rings. The Balaban J connectivity index is 2.18. The van der Waals surface area contributed by atoms with Crippen molar-refractivity contribution < 1.29 is 0 Å². The van der Waals surface area contributed by atoms with Gasteiger partial charge in [0.15, 0.2) is 0 Å². The summed E-state index contributed by atoms with van der Waals surface area (Å²) >= 11 is 6.39. The number of hydrogen-bond acceptors (Lipinski definition) is 1. The third-order valence-electron chi connectivity index (χ3n) is 4.20. The van der Waals surface area contributed by atoms with Gasteiger partial charge in [-0.05, 0) is 37.4 Å². The van der Waals surface area contributed by atoms with Crippen molar-refractivity contribution in [3.8, 4) is 0 Å². The van der Waals surface area contributed by atoms with E-state index in [1.807, 2.05) is 19.2 Å². The van der Waals surface area contributed by atoms with Crippen LogP contribution in [0.5, 0.6) is 0 Å². The predicted molar refractivity (Wildman–Crippen MR) is 79.3 cm³/mol. The van der Waals surface area contributed by atoms with Crippen LogP contribution in [0.4, 0.5) is 0 Å². The van der Waals surface area contributed by atoms with Crippen molar-refractivity contribution in [1.82, 2.24) is 5.32 Å². The van der Waals surface area contributed by atoms with E-state index in [-0.39, 0.29) is 0 Å². The predicted octanol–water partition coefficient (Wildman–Crippen LogP) is 4.61. The molecule has 1 saturated carbocycles. The molecule has 18 heavy (non-hydrogen) atoms. The van der Waals surface area contributed by atoms with Crippen LogP contribution >= 0.6 is 11.6 Å². The molecule has 1 N–H and O–H groups in total. The first kappa shape index (κ1) is 13.9. The van der Waals surface area contributed by atoms with Gasteiger partial charge in [-0.15, -0.1) is 0 Å². The van der Waals surface area contributed by atoms with Crippen LogP contribution in [0.1, 0.15) is 50.0 Å². The van der Waals surface area contributed by atoms with Crippen molar-refractivity contribution in [2.75, 3.05) is 13.6 Å². The molecule has 0 radical (unpaired) electrons. The van der Waals surface area contributed by atoms with Crippen molar-refractivity contribution in [1.29, 1.82) is 0 Å². The molecule has 0 spiro atoms. The van der Waals surface area contributed by atoms with E-state index in [4.69, 9.17) is 11.6 Å². The molecule has 0 aromatic heterocycles. The van der Waals surface area contributed by atoms with Crippen molar-refractivity contribution in [2.24, 2.45) is 5.92 Å². The third-order valence-corrected chi connectivity index (χ3v) is 4.54. The van der Waals surface area contributed by atoms with Crippen molar-refractivity contribution in [3.05, 3.63) is 34.9 Å². The molecule has 0 aliphatic heterocycles. The number of nitrogens with one attached hydrogen (secondary N) is 1. The van der Waals surface area contributed by atoms with Crippen LogP contribution in [-0.4, -0.2) is 13.6 Å². The minimum absolute atomic E-state index is 0.571. The van der Waals surface area contributed by atoms with Crippen LogP contribution in [-0.2, 0) is 0 Å². The Kier molecular flexibility index (Phi) is 5.52. The van der Waals surface area contributed by atoms with Gasteiger partial charge in [-0.3, -0.25) is 0 Å². The third kappa shape index (κ3) is 3.49. The maximum atomic E-state index is 6.39. The van der Waals surface area contributed by atoms with Crippen LogP contribution < -0.4 is 5.32 Å². The molecule has 1 nitrogen and oxygen atoms in total. The number of halogens is 1. The van der Waals surface area contributed by atoms with Gasteiger partial charge in [-0.1, -0.05) is 55.5 Å². The van der Waals surface area contributed by atoms with Crippen molar-refractivity contribution in [3.63, 3.8) is 0 Å². The molecule has 2 rings (SSSR count). The number of hydrogen-bond donors (Lipinski definition) is 1. The van der Waals surface area contributed by atoms with Gasteiger partial charge in [-0.2, -0.15) is 0 Å². The number of benzene rings is 1. The Bertz CT molecular complexity index is 356. The molecule has 1 aromatic carbocycles. The van der Waals surface area contributed by atoms with Crippen molar-refractivity contribution >= 4 is 11.6 Å². The molecule has 0 amide bonds. The van der Waals surface area contributed by atoms with Crippen LogP contribution in [0.3, 0.4) is 0 Å². The Labute approximate surface area is 116 Å². The summed E-state index contributed by atoms with van der Waals surface area (Å²) < 4.78 is 0. The first-order valence-corrected chi connectivity index (χ1v) is 7.59. The summed E-state index contributed by atoms with van der Waals surface area (Å²) in [5.41, 5.74) is 1.33. The van der Waals surface area contributed by atoms with E-state index in [9.17, 15) is 0 Å². The van der Waals surface area contributed by atoms with E-state index in [1.165, 1.54) is 44.1 Å². The minimum atomic E-state index is 0.571. The molecular formula is C16H24ClN. The number of rotatable bonds is 4. The van der Waals surface area contributed by atoms with Crippen LogP contribution in [0.2, 0.25) is 5.02 Å². The summed E-state index contributed by atoms with van der Waals surface area (Å²) in [4.78, 5) is 0. The molecule has 1 atom stereocenters. The van der Waals surface area contributed by atoms with E-state index in [0.29, 0.717) is 5.92 Å². The molecule has 0 bridgehead atoms. The van der Waals surface area contributed by atoms with Crippen LogP contribution in [0, 0.1) is 5.92 Å². The second kappa shape index (κ2) is 7.16. The molecule has 1 aromatic rings. The van der Waals surface area contributed by atoms with Gasteiger partial charge in [0, 0.05) is 17.5 Å². The fourth-order valence-corrected chi connectivity index (χ4v) is 3.52. The Hall–Kier alpha value is -0.530. The van der Waals surface area contributed by atoms with Gasteiger partial charge >= 0.3 is 0 Å². The lowest BCUT2D eigenvalue weighted by molar-refractivity contribution is 0.367. The topological polar surface area (TPSA) is 12.0 Å². The highest BCUT2D eigenvalue weighted by Crippen LogP contribution is 2.37. The zero-order valence-corrected chi connectivity index (χ0v) is 12.0. The summed E-state index contributed by atoms with van der Waals surface area (Å²) in [6, 6.07) is 8.36. The monoisotopic (exact) mass is 265 g/mol. The van der Waals surface area contributed by atoms with E-state index in [0.717, 1.165) is 17.5 Å². The number of likely N-dealkylation sites (N-methyl/N-ethyl adjacent to an activating group) is 1. The summed E-state index contributed by atoms with van der Waals surface area (Å²) in [7, 11) is 2.04. The average molecular weight is 266 g/mol.